The van der Waals surface area contributed by atoms with E-state index < -0.39 is 5.60 Å². The smallest absolute Gasteiger partial charge is 0.410 e. The Bertz CT molecular complexity index is 505. The van der Waals surface area contributed by atoms with Crippen molar-refractivity contribution in [2.75, 3.05) is 18.4 Å². The van der Waals surface area contributed by atoms with Gasteiger partial charge < -0.3 is 15.0 Å². The molecule has 110 valence electrons. The lowest BCUT2D eigenvalue weighted by Gasteiger charge is -2.40. The van der Waals surface area contributed by atoms with Gasteiger partial charge in [0.1, 0.15) is 11.4 Å². The van der Waals surface area contributed by atoms with Gasteiger partial charge in [-0.05, 0) is 45.4 Å². The fraction of sp³-hybridized carbons (Fsp3) is 0.533. The number of anilines is 1. The average molecular weight is 280 g/mol. The van der Waals surface area contributed by atoms with E-state index in [1.54, 1.807) is 17.0 Å². The molecule has 0 bridgehead atoms. The molecule has 0 aromatic heterocycles. The van der Waals surface area contributed by atoms with E-state index in [0.717, 1.165) is 5.56 Å². The number of carbonyl (C=O) groups is 1. The van der Waals surface area contributed by atoms with Crippen LogP contribution in [0.1, 0.15) is 26.3 Å². The van der Waals surface area contributed by atoms with Crippen molar-refractivity contribution in [3.63, 3.8) is 0 Å². The molecule has 1 N–H and O–H groups in total. The summed E-state index contributed by atoms with van der Waals surface area (Å²) in [7, 11) is 0. The van der Waals surface area contributed by atoms with Crippen LogP contribution in [0.2, 0.25) is 0 Å². The van der Waals surface area contributed by atoms with Crippen LogP contribution in [-0.4, -0.2) is 35.7 Å². The zero-order valence-electron chi connectivity index (χ0n) is 12.4. The minimum Gasteiger partial charge on any atom is -0.444 e. The summed E-state index contributed by atoms with van der Waals surface area (Å²) in [5.41, 5.74) is 0.995. The van der Waals surface area contributed by atoms with Crippen LogP contribution in [0, 0.1) is 12.7 Å². The lowest BCUT2D eigenvalue weighted by atomic mass is 10.1. The molecule has 1 aliphatic rings. The van der Waals surface area contributed by atoms with Gasteiger partial charge in [-0.25, -0.2) is 9.18 Å². The average Bonchev–Trinajstić information content (AvgIpc) is 2.24. The molecule has 0 spiro atoms. The minimum absolute atomic E-state index is 0.0684. The third-order valence-corrected chi connectivity index (χ3v) is 3.01. The van der Waals surface area contributed by atoms with Crippen LogP contribution in [0.15, 0.2) is 18.2 Å². The van der Waals surface area contributed by atoms with Crippen molar-refractivity contribution in [2.24, 2.45) is 0 Å². The summed E-state index contributed by atoms with van der Waals surface area (Å²) in [6.07, 6.45) is -0.319. The first-order valence-electron chi connectivity index (χ1n) is 6.75. The second-order valence-corrected chi connectivity index (χ2v) is 6.21. The predicted octanol–water partition coefficient (Wildman–Crippen LogP) is 3.17. The topological polar surface area (TPSA) is 41.6 Å². The second kappa shape index (κ2) is 5.31. The van der Waals surface area contributed by atoms with Crippen molar-refractivity contribution >= 4 is 11.8 Å². The molecule has 1 fully saturated rings. The Kier molecular flexibility index (Phi) is 3.88. The number of nitrogens with zero attached hydrogens (tertiary/aromatic N) is 1. The first kappa shape index (κ1) is 14.6. The summed E-state index contributed by atoms with van der Waals surface area (Å²) >= 11 is 0. The predicted molar refractivity (Wildman–Crippen MR) is 76.4 cm³/mol. The minimum atomic E-state index is -0.488. The molecule has 0 radical (unpaired) electrons. The highest BCUT2D eigenvalue weighted by Gasteiger charge is 2.33. The summed E-state index contributed by atoms with van der Waals surface area (Å²) in [5, 5.41) is 3.11. The first-order chi connectivity index (χ1) is 9.24. The fourth-order valence-corrected chi connectivity index (χ4v) is 2.02. The molecular formula is C15H21FN2O2. The summed E-state index contributed by atoms with van der Waals surface area (Å²) in [4.78, 5) is 13.4. The van der Waals surface area contributed by atoms with E-state index in [1.807, 2.05) is 27.7 Å². The molecule has 5 heteroatoms. The molecule has 1 amide bonds. The Labute approximate surface area is 118 Å². The molecule has 1 heterocycles. The molecule has 1 saturated heterocycles. The van der Waals surface area contributed by atoms with E-state index in [-0.39, 0.29) is 18.0 Å². The molecule has 2 rings (SSSR count). The zero-order valence-corrected chi connectivity index (χ0v) is 12.4. The number of carbonyl (C=O) groups excluding carboxylic acids is 1. The number of hydrogen-bond donors (Lipinski definition) is 1. The molecule has 0 aliphatic carbocycles. The SMILES string of the molecule is Cc1ccc(F)c(NC2CN(C(=O)OC(C)(C)C)C2)c1. The number of aryl methyl sites for hydroxylation is 1. The first-order valence-corrected chi connectivity index (χ1v) is 6.75. The number of nitrogens with one attached hydrogen (secondary N) is 1. The molecule has 1 aromatic rings. The number of rotatable bonds is 2. The maximum atomic E-state index is 13.6. The van der Waals surface area contributed by atoms with Crippen LogP contribution in [0.5, 0.6) is 0 Å². The van der Waals surface area contributed by atoms with Gasteiger partial charge in [0.15, 0.2) is 0 Å². The number of hydrogen-bond acceptors (Lipinski definition) is 3. The van der Waals surface area contributed by atoms with E-state index in [4.69, 9.17) is 4.74 Å². The van der Waals surface area contributed by atoms with Crippen LogP contribution in [0.4, 0.5) is 14.9 Å². The number of amides is 1. The van der Waals surface area contributed by atoms with Gasteiger partial charge in [0.05, 0.1) is 11.7 Å². The van der Waals surface area contributed by atoms with Crippen LogP contribution >= 0.6 is 0 Å². The normalized spacial score (nSPS) is 15.8. The molecule has 0 unspecified atom stereocenters. The summed E-state index contributed by atoms with van der Waals surface area (Å²) in [6, 6.07) is 5.01. The van der Waals surface area contributed by atoms with Crippen molar-refractivity contribution in [3.05, 3.63) is 29.6 Å². The second-order valence-electron chi connectivity index (χ2n) is 6.21. The standard InChI is InChI=1S/C15H21FN2O2/c1-10-5-6-12(16)13(7-10)17-11-8-18(9-11)14(19)20-15(2,3)4/h5-7,11,17H,8-9H2,1-4H3. The Balaban J connectivity index is 1.85. The van der Waals surface area contributed by atoms with E-state index in [9.17, 15) is 9.18 Å². The number of ether oxygens (including phenoxy) is 1. The van der Waals surface area contributed by atoms with Crippen molar-refractivity contribution in [2.45, 2.75) is 39.3 Å². The van der Waals surface area contributed by atoms with E-state index >= 15 is 0 Å². The van der Waals surface area contributed by atoms with E-state index in [2.05, 4.69) is 5.32 Å². The number of benzene rings is 1. The van der Waals surface area contributed by atoms with Crippen molar-refractivity contribution in [3.8, 4) is 0 Å². The van der Waals surface area contributed by atoms with Gasteiger partial charge in [0.2, 0.25) is 0 Å². The number of likely N-dealkylation sites (tertiary alicyclic amines) is 1. The van der Waals surface area contributed by atoms with Crippen molar-refractivity contribution < 1.29 is 13.9 Å². The summed E-state index contributed by atoms with van der Waals surface area (Å²) < 4.78 is 18.9. The Hall–Kier alpha value is -1.78. The summed E-state index contributed by atoms with van der Waals surface area (Å²) in [5.74, 6) is -0.272. The molecule has 20 heavy (non-hydrogen) atoms. The quantitative estimate of drug-likeness (QED) is 0.904. The van der Waals surface area contributed by atoms with Gasteiger partial charge in [-0.2, -0.15) is 0 Å². The Morgan fingerprint density at radius 1 is 1.40 bits per heavy atom. The maximum absolute atomic E-state index is 13.6. The third kappa shape index (κ3) is 3.62. The highest BCUT2D eigenvalue weighted by Crippen LogP contribution is 2.21. The highest BCUT2D eigenvalue weighted by atomic mass is 19.1. The molecule has 1 aliphatic heterocycles. The molecule has 1 aromatic carbocycles. The fourth-order valence-electron chi connectivity index (χ4n) is 2.02. The van der Waals surface area contributed by atoms with Gasteiger partial charge in [0, 0.05) is 13.1 Å². The summed E-state index contributed by atoms with van der Waals surface area (Å²) in [6.45, 7) is 8.48. The molecule has 4 nitrogen and oxygen atoms in total. The van der Waals surface area contributed by atoms with Gasteiger partial charge in [-0.1, -0.05) is 6.07 Å². The molecular weight excluding hydrogens is 259 g/mol. The highest BCUT2D eigenvalue weighted by molar-refractivity contribution is 5.69. The maximum Gasteiger partial charge on any atom is 0.410 e. The Morgan fingerprint density at radius 2 is 2.05 bits per heavy atom. The van der Waals surface area contributed by atoms with Crippen LogP contribution in [0.25, 0.3) is 0 Å². The lowest BCUT2D eigenvalue weighted by molar-refractivity contribution is 0.0105. The van der Waals surface area contributed by atoms with E-state index in [1.165, 1.54) is 6.07 Å². The third-order valence-electron chi connectivity index (χ3n) is 3.01. The Morgan fingerprint density at radius 3 is 2.65 bits per heavy atom. The zero-order chi connectivity index (χ0) is 14.9. The number of halogens is 1. The van der Waals surface area contributed by atoms with Gasteiger partial charge in [-0.15, -0.1) is 0 Å². The molecule has 0 saturated carbocycles. The largest absolute Gasteiger partial charge is 0.444 e. The van der Waals surface area contributed by atoms with Crippen LogP contribution < -0.4 is 5.32 Å². The lowest BCUT2D eigenvalue weighted by Crippen LogP contribution is -2.58. The molecule has 0 atom stereocenters. The van der Waals surface area contributed by atoms with Crippen molar-refractivity contribution in [1.29, 1.82) is 0 Å². The monoisotopic (exact) mass is 280 g/mol. The van der Waals surface area contributed by atoms with Gasteiger partial charge in [0.25, 0.3) is 0 Å². The van der Waals surface area contributed by atoms with Crippen LogP contribution in [-0.2, 0) is 4.74 Å². The van der Waals surface area contributed by atoms with Crippen molar-refractivity contribution in [1.82, 2.24) is 4.90 Å². The van der Waals surface area contributed by atoms with Gasteiger partial charge in [-0.3, -0.25) is 0 Å². The van der Waals surface area contributed by atoms with E-state index in [0.29, 0.717) is 18.8 Å². The van der Waals surface area contributed by atoms with Crippen LogP contribution in [0.3, 0.4) is 0 Å². The van der Waals surface area contributed by atoms with Gasteiger partial charge >= 0.3 is 6.09 Å².